The molecule has 0 aliphatic rings. The highest BCUT2D eigenvalue weighted by atomic mass is 32.2. The van der Waals surface area contributed by atoms with Crippen LogP contribution in [0.25, 0.3) is 0 Å². The van der Waals surface area contributed by atoms with E-state index in [0.29, 0.717) is 22.1 Å². The zero-order valence-electron chi connectivity index (χ0n) is 19.6. The molecule has 0 rings (SSSR count). The normalized spacial score (nSPS) is 13.0. The van der Waals surface area contributed by atoms with Gasteiger partial charge in [0.25, 0.3) is 5.84 Å². The Morgan fingerprint density at radius 2 is 1.91 bits per heavy atom. The third-order valence-corrected chi connectivity index (χ3v) is 6.80. The van der Waals surface area contributed by atoms with Crippen LogP contribution in [0.4, 0.5) is 0 Å². The van der Waals surface area contributed by atoms with Crippen LogP contribution in [0.5, 0.6) is 0 Å². The van der Waals surface area contributed by atoms with Crippen LogP contribution in [-0.2, 0) is 33.5 Å². The van der Waals surface area contributed by atoms with Crippen molar-refractivity contribution in [1.82, 2.24) is 4.90 Å². The highest BCUT2D eigenvalue weighted by molar-refractivity contribution is 8.14. The van der Waals surface area contributed by atoms with E-state index in [4.69, 9.17) is 9.94 Å². The lowest BCUT2D eigenvalue weighted by molar-refractivity contribution is -0.140. The molecule has 0 spiro atoms. The number of carbonyl (C=O) groups is 2. The first-order chi connectivity index (χ1) is 16.1. The summed E-state index contributed by atoms with van der Waals surface area (Å²) in [4.78, 5) is 25.1. The molecule has 0 amide bonds. The molecule has 192 valence electrons. The number of nitrogens with zero attached hydrogens (tertiary/aromatic N) is 3. The van der Waals surface area contributed by atoms with Gasteiger partial charge in [-0.1, -0.05) is 41.6 Å². The van der Waals surface area contributed by atoms with Crippen molar-refractivity contribution in [2.45, 2.75) is 13.8 Å². The minimum absolute atomic E-state index is 0.0427. The molecule has 0 bridgehead atoms. The SMILES string of the molecule is C=C/C=C\C=C(/C)CS(=O)(=O)O/N=C(/C(=O)OC)N(C)CCOC(=O)CSCCS/C(C)=N\O. The topological polar surface area (TPSA) is 144 Å². The van der Waals surface area contributed by atoms with Crippen LogP contribution in [0.2, 0.25) is 0 Å². The van der Waals surface area contributed by atoms with Gasteiger partial charge in [-0.2, -0.15) is 8.42 Å². The van der Waals surface area contributed by atoms with Crippen LogP contribution >= 0.6 is 23.5 Å². The largest absolute Gasteiger partial charge is 0.463 e. The lowest BCUT2D eigenvalue weighted by atomic mass is 10.3. The van der Waals surface area contributed by atoms with Gasteiger partial charge in [-0.3, -0.25) is 9.08 Å². The van der Waals surface area contributed by atoms with Gasteiger partial charge in [-0.15, -0.1) is 23.5 Å². The van der Waals surface area contributed by atoms with Crippen LogP contribution in [0, 0.1) is 0 Å². The van der Waals surface area contributed by atoms with E-state index < -0.39 is 33.6 Å². The molecule has 0 aliphatic heterocycles. The lowest BCUT2D eigenvalue weighted by Gasteiger charge is -2.18. The van der Waals surface area contributed by atoms with Crippen molar-refractivity contribution in [3.63, 3.8) is 0 Å². The number of oxime groups is 2. The Hall–Kier alpha value is -2.45. The van der Waals surface area contributed by atoms with E-state index in [2.05, 4.69) is 25.9 Å². The fourth-order valence-electron chi connectivity index (χ4n) is 1.97. The molecule has 0 saturated carbocycles. The van der Waals surface area contributed by atoms with Crippen molar-refractivity contribution in [3.05, 3.63) is 36.5 Å². The summed E-state index contributed by atoms with van der Waals surface area (Å²) < 4.78 is 38.6. The van der Waals surface area contributed by atoms with E-state index in [9.17, 15) is 18.0 Å². The number of rotatable bonds is 14. The number of methoxy groups -OCH3 is 1. The van der Waals surface area contributed by atoms with Crippen molar-refractivity contribution in [2.24, 2.45) is 10.3 Å². The van der Waals surface area contributed by atoms with Gasteiger partial charge in [0.1, 0.15) is 17.4 Å². The Kier molecular flexibility index (Phi) is 16.7. The Balaban J connectivity index is 4.73. The maximum absolute atomic E-state index is 12.1. The standard InChI is InChI=1S/C20H31N3O8S3/c1-6-7-8-9-16(2)15-34(27,28)31-22-19(20(25)29-5)23(4)10-11-30-18(24)14-32-12-13-33-17(3)21-26/h6-9,26H,1,10-15H2,2-5H3/b8-7-,16-9+,21-17-,22-19-. The highest BCUT2D eigenvalue weighted by Gasteiger charge is 2.21. The first-order valence-electron chi connectivity index (χ1n) is 9.84. The summed E-state index contributed by atoms with van der Waals surface area (Å²) in [6.07, 6.45) is 6.39. The Morgan fingerprint density at radius 3 is 2.53 bits per heavy atom. The minimum atomic E-state index is -4.11. The van der Waals surface area contributed by atoms with Gasteiger partial charge >= 0.3 is 22.1 Å². The average Bonchev–Trinajstić information content (AvgIpc) is 2.78. The predicted molar refractivity (Wildman–Crippen MR) is 136 cm³/mol. The zero-order valence-corrected chi connectivity index (χ0v) is 22.1. The van der Waals surface area contributed by atoms with Crippen LogP contribution in [-0.4, -0.2) is 91.7 Å². The van der Waals surface area contributed by atoms with Crippen LogP contribution in [0.3, 0.4) is 0 Å². The summed E-state index contributed by atoms with van der Waals surface area (Å²) in [5.74, 6) is -0.721. The molecule has 0 atom stereocenters. The monoisotopic (exact) mass is 537 g/mol. The lowest BCUT2D eigenvalue weighted by Crippen LogP contribution is -2.37. The minimum Gasteiger partial charge on any atom is -0.463 e. The van der Waals surface area contributed by atoms with Crippen molar-refractivity contribution >= 4 is 56.5 Å². The molecule has 11 nitrogen and oxygen atoms in total. The van der Waals surface area contributed by atoms with E-state index >= 15 is 0 Å². The summed E-state index contributed by atoms with van der Waals surface area (Å²) in [7, 11) is -1.55. The van der Waals surface area contributed by atoms with Crippen LogP contribution in [0.15, 0.2) is 46.8 Å². The molecule has 34 heavy (non-hydrogen) atoms. The second-order valence-electron chi connectivity index (χ2n) is 6.48. The Morgan fingerprint density at radius 1 is 1.21 bits per heavy atom. The number of amidine groups is 1. The Labute approximate surface area is 209 Å². The Bertz CT molecular complexity index is 899. The summed E-state index contributed by atoms with van der Waals surface area (Å²) in [6, 6.07) is 0. The fourth-order valence-corrected chi connectivity index (χ4v) is 4.42. The van der Waals surface area contributed by atoms with Gasteiger partial charge in [0.05, 0.1) is 19.4 Å². The molecule has 0 aromatic heterocycles. The van der Waals surface area contributed by atoms with E-state index in [1.54, 1.807) is 38.2 Å². The van der Waals surface area contributed by atoms with Crippen LogP contribution < -0.4 is 0 Å². The summed E-state index contributed by atoms with van der Waals surface area (Å²) in [5.41, 5.74) is 0.487. The van der Waals surface area contributed by atoms with Gasteiger partial charge in [-0.25, -0.2) is 4.79 Å². The van der Waals surface area contributed by atoms with Crippen molar-refractivity contribution in [3.8, 4) is 0 Å². The molecule has 0 heterocycles. The molecule has 0 fully saturated rings. The maximum Gasteiger partial charge on any atom is 0.377 e. The van der Waals surface area contributed by atoms with Crippen molar-refractivity contribution in [1.29, 1.82) is 0 Å². The molecule has 14 heteroatoms. The van der Waals surface area contributed by atoms with Gasteiger partial charge in [0.15, 0.2) is 0 Å². The number of carbonyl (C=O) groups excluding carboxylic acids is 2. The second kappa shape index (κ2) is 18.0. The number of hydrogen-bond acceptors (Lipinski definition) is 12. The number of esters is 2. The van der Waals surface area contributed by atoms with Gasteiger partial charge in [0, 0.05) is 18.6 Å². The number of allylic oxidation sites excluding steroid dienone is 4. The maximum atomic E-state index is 12.1. The predicted octanol–water partition coefficient (Wildman–Crippen LogP) is 2.26. The fraction of sp³-hybridized carbons (Fsp3) is 0.500. The molecule has 0 unspecified atom stereocenters. The molecule has 1 N–H and O–H groups in total. The number of thioether (sulfide) groups is 2. The highest BCUT2D eigenvalue weighted by Crippen LogP contribution is 2.09. The average molecular weight is 538 g/mol. The third-order valence-electron chi connectivity index (χ3n) is 3.59. The first-order valence-corrected chi connectivity index (χ1v) is 13.6. The zero-order chi connectivity index (χ0) is 26.0. The summed E-state index contributed by atoms with van der Waals surface area (Å²) in [5, 5.41) is 15.6. The van der Waals surface area contributed by atoms with Gasteiger partial charge in [0.2, 0.25) is 0 Å². The quantitative estimate of drug-likeness (QED) is 0.0662. The molecule has 0 aromatic rings. The van der Waals surface area contributed by atoms with Crippen molar-refractivity contribution in [2.75, 3.05) is 50.3 Å². The first kappa shape index (κ1) is 31.6. The number of ether oxygens (including phenoxy) is 2. The smallest absolute Gasteiger partial charge is 0.377 e. The van der Waals surface area contributed by atoms with E-state index in [1.807, 2.05) is 0 Å². The molecule has 0 aliphatic carbocycles. The summed E-state index contributed by atoms with van der Waals surface area (Å²) in [6.45, 7) is 6.76. The van der Waals surface area contributed by atoms with E-state index in [-0.39, 0.29) is 18.9 Å². The van der Waals surface area contributed by atoms with Crippen LogP contribution in [0.1, 0.15) is 13.8 Å². The van der Waals surface area contributed by atoms with Crippen molar-refractivity contribution < 1.29 is 37.0 Å². The van der Waals surface area contributed by atoms with Gasteiger partial charge < -0.3 is 19.6 Å². The van der Waals surface area contributed by atoms with E-state index in [0.717, 1.165) is 7.11 Å². The van der Waals surface area contributed by atoms with E-state index in [1.165, 1.54) is 35.5 Å². The molecular formula is C20H31N3O8S3. The molecule has 0 radical (unpaired) electrons. The number of likely N-dealkylation sites (N-methyl/N-ethyl adjacent to an activating group) is 1. The third kappa shape index (κ3) is 15.4. The second-order valence-corrected chi connectivity index (χ2v) is 10.4. The molecule has 0 saturated heterocycles. The molecular weight excluding hydrogens is 506 g/mol. The summed E-state index contributed by atoms with van der Waals surface area (Å²) >= 11 is 2.74. The number of hydrogen-bond donors (Lipinski definition) is 1. The van der Waals surface area contributed by atoms with Gasteiger partial charge in [-0.05, 0) is 19.0 Å². The molecule has 0 aromatic carbocycles.